The molecule has 1 aromatic carbocycles. The fourth-order valence-electron chi connectivity index (χ4n) is 2.74. The molecule has 0 saturated carbocycles. The van der Waals surface area contributed by atoms with Gasteiger partial charge in [-0.05, 0) is 24.0 Å². The van der Waals surface area contributed by atoms with Gasteiger partial charge in [-0.2, -0.15) is 14.9 Å². The molecule has 3 rings (SSSR count). The Morgan fingerprint density at radius 3 is 2.32 bits per heavy atom. The number of nitrogen functional groups attached to an aromatic ring is 2. The number of nitrogens with zero attached hydrogens (tertiary/aromatic N) is 4. The lowest BCUT2D eigenvalue weighted by molar-refractivity contribution is 0.775. The van der Waals surface area contributed by atoms with Crippen LogP contribution in [0.4, 0.5) is 11.8 Å². The summed E-state index contributed by atoms with van der Waals surface area (Å²) >= 11 is 0. The van der Waals surface area contributed by atoms with E-state index in [0.29, 0.717) is 23.6 Å². The Morgan fingerprint density at radius 1 is 1.18 bits per heavy atom. The fraction of sp³-hybridized carbons (Fsp3) is 0.267. The molecule has 0 unspecified atom stereocenters. The first-order valence-corrected chi connectivity index (χ1v) is 7.01. The van der Waals surface area contributed by atoms with Crippen molar-refractivity contribution in [2.75, 3.05) is 29.6 Å². The summed E-state index contributed by atoms with van der Waals surface area (Å²) in [4.78, 5) is 18.1. The molecule has 0 saturated heterocycles. The zero-order valence-electron chi connectivity index (χ0n) is 12.0. The Morgan fingerprint density at radius 2 is 1.77 bits per heavy atom. The normalized spacial score (nSPS) is 14.0. The number of hydrogen-bond acceptors (Lipinski definition) is 6. The second-order valence-electron chi connectivity index (χ2n) is 5.21. The van der Waals surface area contributed by atoms with Gasteiger partial charge in [-0.3, -0.25) is 4.79 Å². The quantitative estimate of drug-likeness (QED) is 0.717. The molecular formula is C15H16N6O. The lowest BCUT2D eigenvalue weighted by atomic mass is 10.0. The van der Waals surface area contributed by atoms with E-state index in [9.17, 15) is 10.1 Å². The van der Waals surface area contributed by atoms with Crippen molar-refractivity contribution in [2.24, 2.45) is 0 Å². The average Bonchev–Trinajstić information content (AvgIpc) is 2.75. The van der Waals surface area contributed by atoms with E-state index in [-0.39, 0.29) is 11.5 Å². The van der Waals surface area contributed by atoms with Gasteiger partial charge in [0.25, 0.3) is 5.56 Å². The molecule has 1 aliphatic rings. The van der Waals surface area contributed by atoms with Crippen LogP contribution in [-0.2, 0) is 12.8 Å². The van der Waals surface area contributed by atoms with Crippen LogP contribution in [0, 0.1) is 11.3 Å². The molecule has 1 aliphatic heterocycles. The highest BCUT2D eigenvalue weighted by molar-refractivity contribution is 5.56. The molecular weight excluding hydrogens is 280 g/mol. The van der Waals surface area contributed by atoms with Crippen LogP contribution in [-0.4, -0.2) is 22.7 Å². The number of nitrogens with two attached hydrogens (primary N) is 2. The van der Waals surface area contributed by atoms with Gasteiger partial charge >= 0.3 is 0 Å². The third-order valence-electron chi connectivity index (χ3n) is 3.96. The van der Waals surface area contributed by atoms with E-state index in [4.69, 9.17) is 11.6 Å². The van der Waals surface area contributed by atoms with Crippen LogP contribution in [0.25, 0.3) is 0 Å². The summed E-state index contributed by atoms with van der Waals surface area (Å²) in [5.74, 6) is 5.73. The van der Waals surface area contributed by atoms with Crippen LogP contribution in [0.1, 0.15) is 16.7 Å². The number of benzene rings is 1. The van der Waals surface area contributed by atoms with Gasteiger partial charge < -0.3 is 16.5 Å². The summed E-state index contributed by atoms with van der Waals surface area (Å²) in [6.45, 7) is 1.35. The Balaban J connectivity index is 2.00. The van der Waals surface area contributed by atoms with Gasteiger partial charge in [0.2, 0.25) is 5.95 Å². The fourth-order valence-corrected chi connectivity index (χ4v) is 2.74. The highest BCUT2D eigenvalue weighted by Crippen LogP contribution is 2.21. The second kappa shape index (κ2) is 5.41. The standard InChI is InChI=1S/C15H16N6O/c16-9-12-13(19-15(17)21(18)14(12)22)20-7-5-10-3-1-2-4-11(10)6-8-20/h1-4H,5-8,18H2,(H2,17,19). The zero-order chi connectivity index (χ0) is 15.7. The Labute approximate surface area is 127 Å². The second-order valence-corrected chi connectivity index (χ2v) is 5.21. The van der Waals surface area contributed by atoms with Crippen molar-refractivity contribution in [1.29, 1.82) is 5.26 Å². The number of hydrogen-bond donors (Lipinski definition) is 2. The molecule has 0 amide bonds. The van der Waals surface area contributed by atoms with Gasteiger partial charge in [-0.15, -0.1) is 0 Å². The molecule has 22 heavy (non-hydrogen) atoms. The van der Waals surface area contributed by atoms with Crippen molar-refractivity contribution in [2.45, 2.75) is 12.8 Å². The van der Waals surface area contributed by atoms with Crippen LogP contribution in [0.5, 0.6) is 0 Å². The molecule has 7 nitrogen and oxygen atoms in total. The summed E-state index contributed by atoms with van der Waals surface area (Å²) < 4.78 is 0.703. The first kappa shape index (κ1) is 13.9. The van der Waals surface area contributed by atoms with Crippen molar-refractivity contribution in [1.82, 2.24) is 9.66 Å². The maximum absolute atomic E-state index is 12.1. The summed E-state index contributed by atoms with van der Waals surface area (Å²) in [6.07, 6.45) is 1.66. The third-order valence-corrected chi connectivity index (χ3v) is 3.96. The molecule has 7 heteroatoms. The lowest BCUT2D eigenvalue weighted by Gasteiger charge is -2.22. The molecule has 0 spiro atoms. The van der Waals surface area contributed by atoms with Crippen LogP contribution in [0.15, 0.2) is 29.1 Å². The lowest BCUT2D eigenvalue weighted by Crippen LogP contribution is -2.37. The number of anilines is 2. The molecule has 4 N–H and O–H groups in total. The largest absolute Gasteiger partial charge is 0.368 e. The topological polar surface area (TPSA) is 114 Å². The van der Waals surface area contributed by atoms with Crippen LogP contribution in [0.3, 0.4) is 0 Å². The summed E-state index contributed by atoms with van der Waals surface area (Å²) in [5.41, 5.74) is 7.54. The number of nitriles is 1. The smallest absolute Gasteiger partial charge is 0.293 e. The molecule has 0 bridgehead atoms. The van der Waals surface area contributed by atoms with Gasteiger partial charge in [0.15, 0.2) is 11.4 Å². The van der Waals surface area contributed by atoms with Crippen molar-refractivity contribution < 1.29 is 0 Å². The summed E-state index contributed by atoms with van der Waals surface area (Å²) in [5, 5.41) is 9.26. The SMILES string of the molecule is N#Cc1c(N2CCc3ccccc3CC2)nc(N)n(N)c1=O. The highest BCUT2D eigenvalue weighted by Gasteiger charge is 2.21. The maximum atomic E-state index is 12.1. The minimum atomic E-state index is -0.619. The van der Waals surface area contributed by atoms with Gasteiger partial charge in [0.05, 0.1) is 0 Å². The highest BCUT2D eigenvalue weighted by atomic mass is 16.1. The minimum Gasteiger partial charge on any atom is -0.368 e. The van der Waals surface area contributed by atoms with Crippen molar-refractivity contribution >= 4 is 11.8 Å². The van der Waals surface area contributed by atoms with Crippen LogP contribution in [0.2, 0.25) is 0 Å². The Hall–Kier alpha value is -3.01. The van der Waals surface area contributed by atoms with Crippen molar-refractivity contribution in [3.63, 3.8) is 0 Å². The minimum absolute atomic E-state index is 0.0670. The molecule has 0 fully saturated rings. The van der Waals surface area contributed by atoms with Crippen molar-refractivity contribution in [3.8, 4) is 6.07 Å². The summed E-state index contributed by atoms with van der Waals surface area (Å²) in [6, 6.07) is 10.1. The van der Waals surface area contributed by atoms with Gasteiger partial charge in [-0.25, -0.2) is 0 Å². The molecule has 0 aliphatic carbocycles. The molecule has 1 aromatic heterocycles. The number of rotatable bonds is 1. The zero-order valence-corrected chi connectivity index (χ0v) is 12.0. The number of fused-ring (bicyclic) bond motifs is 1. The monoisotopic (exact) mass is 296 g/mol. The van der Waals surface area contributed by atoms with Gasteiger partial charge in [0.1, 0.15) is 6.07 Å². The average molecular weight is 296 g/mol. The summed E-state index contributed by atoms with van der Waals surface area (Å²) in [7, 11) is 0. The first-order valence-electron chi connectivity index (χ1n) is 7.01. The third kappa shape index (κ3) is 2.24. The Kier molecular flexibility index (Phi) is 3.43. The van der Waals surface area contributed by atoms with Gasteiger partial charge in [0, 0.05) is 13.1 Å². The molecule has 0 atom stereocenters. The first-order chi connectivity index (χ1) is 10.6. The van der Waals surface area contributed by atoms with Gasteiger partial charge in [-0.1, -0.05) is 24.3 Å². The van der Waals surface area contributed by atoms with Crippen LogP contribution < -0.4 is 22.0 Å². The van der Waals surface area contributed by atoms with E-state index in [1.54, 1.807) is 0 Å². The molecule has 2 aromatic rings. The molecule has 2 heterocycles. The van der Waals surface area contributed by atoms with Crippen molar-refractivity contribution in [3.05, 3.63) is 51.3 Å². The van der Waals surface area contributed by atoms with E-state index in [1.165, 1.54) is 11.1 Å². The maximum Gasteiger partial charge on any atom is 0.293 e. The molecule has 0 radical (unpaired) electrons. The van der Waals surface area contributed by atoms with E-state index in [2.05, 4.69) is 17.1 Å². The van der Waals surface area contributed by atoms with E-state index in [1.807, 2.05) is 23.1 Å². The van der Waals surface area contributed by atoms with Crippen LogP contribution >= 0.6 is 0 Å². The molecule has 112 valence electrons. The Bertz CT molecular complexity index is 793. The van der Waals surface area contributed by atoms with E-state index >= 15 is 0 Å². The predicted octanol–water partition coefficient (Wildman–Crippen LogP) is 0.0162. The number of aromatic nitrogens is 2. The predicted molar refractivity (Wildman–Crippen MR) is 83.8 cm³/mol. The van der Waals surface area contributed by atoms with E-state index < -0.39 is 5.56 Å². The van der Waals surface area contributed by atoms with E-state index in [0.717, 1.165) is 12.8 Å².